The molecule has 28 heavy (non-hydrogen) atoms. The summed E-state index contributed by atoms with van der Waals surface area (Å²) in [7, 11) is 0. The van der Waals surface area contributed by atoms with Crippen LogP contribution in [0.15, 0.2) is 48.8 Å². The van der Waals surface area contributed by atoms with Gasteiger partial charge in [0, 0.05) is 40.8 Å². The molecule has 0 saturated heterocycles. The number of hydrogen-bond acceptors (Lipinski definition) is 5. The highest BCUT2D eigenvalue weighted by molar-refractivity contribution is 5.95. The van der Waals surface area contributed by atoms with E-state index in [9.17, 15) is 4.79 Å². The van der Waals surface area contributed by atoms with Crippen molar-refractivity contribution < 1.29 is 4.79 Å². The number of H-pyrrole nitrogens is 1. The average Bonchev–Trinajstić information content (AvgIpc) is 3.10. The van der Waals surface area contributed by atoms with Crippen LogP contribution in [0.2, 0.25) is 0 Å². The molecule has 0 fully saturated rings. The minimum Gasteiger partial charge on any atom is -0.332 e. The molecule has 0 aliphatic heterocycles. The number of carbonyl (C=O) groups excluding carboxylic acids is 1. The van der Waals surface area contributed by atoms with Crippen molar-refractivity contribution in [1.82, 2.24) is 30.5 Å². The predicted octanol–water partition coefficient (Wildman–Crippen LogP) is 3.35. The number of hydrogen-bond donors (Lipinski definition) is 3. The van der Waals surface area contributed by atoms with Gasteiger partial charge >= 0.3 is 6.03 Å². The molecule has 0 radical (unpaired) electrons. The molecule has 0 spiro atoms. The number of anilines is 1. The Bertz CT molecular complexity index is 1150. The number of nitrogens with zero attached hydrogens (tertiary/aromatic N) is 4. The molecule has 0 aromatic carbocycles. The van der Waals surface area contributed by atoms with Gasteiger partial charge in [-0.25, -0.2) is 9.78 Å². The van der Waals surface area contributed by atoms with E-state index in [2.05, 4.69) is 35.8 Å². The Hall–Kier alpha value is -3.81. The third kappa shape index (κ3) is 3.80. The molecule has 0 unspecified atom stereocenters. The van der Waals surface area contributed by atoms with Crippen molar-refractivity contribution in [2.45, 2.75) is 20.4 Å². The number of rotatable bonds is 4. The lowest BCUT2D eigenvalue weighted by Crippen LogP contribution is -2.28. The monoisotopic (exact) mass is 373 g/mol. The van der Waals surface area contributed by atoms with Crippen LogP contribution in [0.3, 0.4) is 0 Å². The van der Waals surface area contributed by atoms with E-state index >= 15 is 0 Å². The van der Waals surface area contributed by atoms with Gasteiger partial charge in [0.25, 0.3) is 0 Å². The quantitative estimate of drug-likeness (QED) is 0.508. The molecule has 0 aliphatic carbocycles. The molecule has 4 rings (SSSR count). The number of pyridine rings is 3. The van der Waals surface area contributed by atoms with Crippen LogP contribution in [0.5, 0.6) is 0 Å². The summed E-state index contributed by atoms with van der Waals surface area (Å²) in [6, 6.07) is 11.0. The van der Waals surface area contributed by atoms with E-state index in [4.69, 9.17) is 0 Å². The molecule has 4 aromatic rings. The molecule has 0 saturated carbocycles. The van der Waals surface area contributed by atoms with Gasteiger partial charge in [-0.3, -0.25) is 20.4 Å². The Kier molecular flexibility index (Phi) is 4.67. The van der Waals surface area contributed by atoms with E-state index in [-0.39, 0.29) is 6.03 Å². The smallest absolute Gasteiger partial charge is 0.320 e. The molecule has 3 N–H and O–H groups in total. The fourth-order valence-electron chi connectivity index (χ4n) is 2.92. The van der Waals surface area contributed by atoms with Gasteiger partial charge in [0.05, 0.1) is 17.8 Å². The van der Waals surface area contributed by atoms with E-state index in [1.807, 2.05) is 44.2 Å². The fourth-order valence-corrected chi connectivity index (χ4v) is 2.92. The second-order valence-corrected chi connectivity index (χ2v) is 6.45. The van der Waals surface area contributed by atoms with Crippen LogP contribution in [0.25, 0.3) is 22.2 Å². The van der Waals surface area contributed by atoms with Crippen LogP contribution in [0.1, 0.15) is 17.1 Å². The zero-order chi connectivity index (χ0) is 19.5. The molecule has 4 aromatic heterocycles. The lowest BCUT2D eigenvalue weighted by atomic mass is 10.1. The molecule has 0 bridgehead atoms. The molecule has 0 aliphatic rings. The highest BCUT2D eigenvalue weighted by atomic mass is 16.2. The van der Waals surface area contributed by atoms with Crippen molar-refractivity contribution in [3.63, 3.8) is 0 Å². The minimum absolute atomic E-state index is 0.339. The summed E-state index contributed by atoms with van der Waals surface area (Å²) >= 11 is 0. The van der Waals surface area contributed by atoms with Crippen molar-refractivity contribution in [2.75, 3.05) is 5.32 Å². The van der Waals surface area contributed by atoms with Crippen molar-refractivity contribution >= 4 is 22.8 Å². The average molecular weight is 373 g/mol. The maximum Gasteiger partial charge on any atom is 0.320 e. The van der Waals surface area contributed by atoms with Crippen LogP contribution in [0, 0.1) is 13.8 Å². The molecule has 0 atom stereocenters. The summed E-state index contributed by atoms with van der Waals surface area (Å²) in [5.41, 5.74) is 5.17. The van der Waals surface area contributed by atoms with Gasteiger partial charge in [0.15, 0.2) is 0 Å². The first-order valence-electron chi connectivity index (χ1n) is 8.83. The lowest BCUT2D eigenvalue weighted by Gasteiger charge is -2.07. The maximum absolute atomic E-state index is 12.1. The van der Waals surface area contributed by atoms with Gasteiger partial charge in [-0.2, -0.15) is 5.10 Å². The second kappa shape index (κ2) is 7.43. The van der Waals surface area contributed by atoms with Gasteiger partial charge in [0.2, 0.25) is 0 Å². The van der Waals surface area contributed by atoms with Crippen LogP contribution in [-0.2, 0) is 6.54 Å². The number of fused-ring (bicyclic) bond motifs is 1. The van der Waals surface area contributed by atoms with E-state index in [1.54, 1.807) is 18.5 Å². The highest BCUT2D eigenvalue weighted by Gasteiger charge is 2.11. The van der Waals surface area contributed by atoms with Crippen molar-refractivity contribution in [2.24, 2.45) is 0 Å². The summed E-state index contributed by atoms with van der Waals surface area (Å²) in [5, 5.41) is 13.8. The normalized spacial score (nSPS) is 10.8. The van der Waals surface area contributed by atoms with Gasteiger partial charge in [0.1, 0.15) is 11.5 Å². The molecule has 2 amide bonds. The molecular weight excluding hydrogens is 354 g/mol. The molecule has 8 nitrogen and oxygen atoms in total. The first-order valence-corrected chi connectivity index (χ1v) is 8.83. The highest BCUT2D eigenvalue weighted by Crippen LogP contribution is 2.26. The Morgan fingerprint density at radius 3 is 2.82 bits per heavy atom. The second-order valence-electron chi connectivity index (χ2n) is 6.45. The number of amides is 2. The van der Waals surface area contributed by atoms with Crippen LogP contribution in [-0.4, -0.2) is 31.2 Å². The summed E-state index contributed by atoms with van der Waals surface area (Å²) < 4.78 is 0. The largest absolute Gasteiger partial charge is 0.332 e. The van der Waals surface area contributed by atoms with Crippen LogP contribution in [0.4, 0.5) is 10.6 Å². The van der Waals surface area contributed by atoms with Gasteiger partial charge < -0.3 is 5.32 Å². The number of nitrogens with one attached hydrogen (secondary N) is 3. The van der Waals surface area contributed by atoms with Crippen molar-refractivity contribution in [1.29, 1.82) is 0 Å². The van der Waals surface area contributed by atoms with E-state index in [1.165, 1.54) is 0 Å². The zero-order valence-corrected chi connectivity index (χ0v) is 15.5. The van der Waals surface area contributed by atoms with Crippen molar-refractivity contribution in [3.8, 4) is 11.3 Å². The third-order valence-corrected chi connectivity index (χ3v) is 4.23. The molecule has 8 heteroatoms. The third-order valence-electron chi connectivity index (χ3n) is 4.23. The first kappa shape index (κ1) is 17.6. The summed E-state index contributed by atoms with van der Waals surface area (Å²) in [6.45, 7) is 4.18. The maximum atomic E-state index is 12.1. The van der Waals surface area contributed by atoms with Crippen molar-refractivity contribution in [3.05, 3.63) is 65.9 Å². The van der Waals surface area contributed by atoms with E-state index in [0.717, 1.165) is 39.2 Å². The molecular formula is C20H19N7O. The Morgan fingerprint density at radius 2 is 2.00 bits per heavy atom. The Labute approximate surface area is 161 Å². The van der Waals surface area contributed by atoms with Gasteiger partial charge in [-0.05, 0) is 38.1 Å². The number of aryl methyl sites for hydroxylation is 2. The van der Waals surface area contributed by atoms with Gasteiger partial charge in [-0.1, -0.05) is 6.07 Å². The number of aromatic amines is 1. The van der Waals surface area contributed by atoms with Crippen LogP contribution >= 0.6 is 0 Å². The van der Waals surface area contributed by atoms with E-state index in [0.29, 0.717) is 12.4 Å². The Morgan fingerprint density at radius 1 is 1.11 bits per heavy atom. The molecule has 140 valence electrons. The number of aromatic nitrogens is 5. The summed E-state index contributed by atoms with van der Waals surface area (Å²) in [4.78, 5) is 25.0. The summed E-state index contributed by atoms with van der Waals surface area (Å²) in [5.74, 6) is 0.434. The van der Waals surface area contributed by atoms with E-state index < -0.39 is 0 Å². The van der Waals surface area contributed by atoms with Crippen LogP contribution < -0.4 is 10.6 Å². The zero-order valence-electron chi connectivity index (χ0n) is 15.5. The first-order chi connectivity index (χ1) is 13.6. The lowest BCUT2D eigenvalue weighted by molar-refractivity contribution is 0.251. The SMILES string of the molecule is Cc1cc(-c2n[nH]c3cc(NC(=O)NCc4cccc(C)n4)ncc23)ccn1. The predicted molar refractivity (Wildman–Crippen MR) is 107 cm³/mol. The topological polar surface area (TPSA) is 108 Å². The number of carbonyl (C=O) groups is 1. The standard InChI is InChI=1S/C20H19N7O/c1-12-4-3-5-15(24-12)10-23-20(28)25-18-9-17-16(11-22-18)19(27-26-17)14-6-7-21-13(2)8-14/h3-9,11H,10H2,1-2H3,(H,26,27)(H2,22,23,25,28). The number of urea groups is 1. The minimum atomic E-state index is -0.348. The summed E-state index contributed by atoms with van der Waals surface area (Å²) in [6.07, 6.45) is 3.45. The fraction of sp³-hybridized carbons (Fsp3) is 0.150. The Balaban J connectivity index is 1.47. The van der Waals surface area contributed by atoms with Gasteiger partial charge in [-0.15, -0.1) is 0 Å². The molecule has 4 heterocycles.